The first-order valence-corrected chi connectivity index (χ1v) is 7.39. The molecule has 0 aromatic heterocycles. The van der Waals surface area contributed by atoms with E-state index in [0.717, 1.165) is 38.2 Å². The van der Waals surface area contributed by atoms with Crippen LogP contribution in [-0.4, -0.2) is 31.4 Å². The Bertz CT molecular complexity index is 392. The average molecular weight is 263 g/mol. The molecule has 19 heavy (non-hydrogen) atoms. The number of nitrogens with one attached hydrogen (secondary N) is 1. The van der Waals surface area contributed by atoms with Gasteiger partial charge in [0.25, 0.3) is 0 Å². The van der Waals surface area contributed by atoms with E-state index < -0.39 is 6.10 Å². The fourth-order valence-electron chi connectivity index (χ4n) is 2.60. The van der Waals surface area contributed by atoms with Crippen molar-refractivity contribution in [2.45, 2.75) is 38.7 Å². The molecule has 0 spiro atoms. The molecule has 1 aromatic rings. The summed E-state index contributed by atoms with van der Waals surface area (Å²) in [5.41, 5.74) is 3.92. The molecular formula is C16H25NO2. The molecule has 0 fully saturated rings. The van der Waals surface area contributed by atoms with E-state index >= 15 is 0 Å². The van der Waals surface area contributed by atoms with Gasteiger partial charge < -0.3 is 15.2 Å². The lowest BCUT2D eigenvalue weighted by atomic mass is 10.0. The molecule has 0 aliphatic heterocycles. The highest BCUT2D eigenvalue weighted by atomic mass is 16.5. The predicted octanol–water partition coefficient (Wildman–Crippen LogP) is 2.22. The maximum absolute atomic E-state index is 10.2. The standard InChI is InChI=1S/C16H25NO2/c1-2-19-10-4-9-17-12-16(18)15-8-7-13-5-3-6-14(13)11-15/h7-8,11,16-18H,2-6,9-10,12H2,1H3. The van der Waals surface area contributed by atoms with E-state index in [1.54, 1.807) is 0 Å². The highest BCUT2D eigenvalue weighted by Gasteiger charge is 2.14. The SMILES string of the molecule is CCOCCCNCC(O)c1ccc2c(c1)CCC2. The molecule has 1 unspecified atom stereocenters. The molecule has 0 heterocycles. The summed E-state index contributed by atoms with van der Waals surface area (Å²) < 4.78 is 5.27. The van der Waals surface area contributed by atoms with Crippen LogP contribution in [0.5, 0.6) is 0 Å². The van der Waals surface area contributed by atoms with E-state index in [0.29, 0.717) is 6.54 Å². The Kier molecular flexibility index (Phi) is 5.83. The van der Waals surface area contributed by atoms with Gasteiger partial charge in [-0.1, -0.05) is 18.2 Å². The van der Waals surface area contributed by atoms with Gasteiger partial charge in [-0.3, -0.25) is 0 Å². The van der Waals surface area contributed by atoms with Crippen molar-refractivity contribution in [1.82, 2.24) is 5.32 Å². The van der Waals surface area contributed by atoms with E-state index in [4.69, 9.17) is 4.74 Å². The fourth-order valence-corrected chi connectivity index (χ4v) is 2.60. The third-order valence-electron chi connectivity index (χ3n) is 3.69. The van der Waals surface area contributed by atoms with Gasteiger partial charge in [0.1, 0.15) is 0 Å². The first kappa shape index (κ1) is 14.5. The van der Waals surface area contributed by atoms with Gasteiger partial charge in [-0.2, -0.15) is 0 Å². The molecule has 1 atom stereocenters. The van der Waals surface area contributed by atoms with Crippen molar-refractivity contribution in [2.75, 3.05) is 26.3 Å². The van der Waals surface area contributed by atoms with Crippen molar-refractivity contribution in [1.29, 1.82) is 0 Å². The molecule has 1 aliphatic carbocycles. The van der Waals surface area contributed by atoms with Gasteiger partial charge in [-0.25, -0.2) is 0 Å². The lowest BCUT2D eigenvalue weighted by Crippen LogP contribution is -2.23. The Morgan fingerprint density at radius 2 is 2.16 bits per heavy atom. The molecule has 1 aliphatic rings. The number of hydrogen-bond acceptors (Lipinski definition) is 3. The first-order chi connectivity index (χ1) is 9.31. The van der Waals surface area contributed by atoms with E-state index in [1.807, 2.05) is 6.92 Å². The number of benzene rings is 1. The Balaban J connectivity index is 1.72. The Hall–Kier alpha value is -0.900. The first-order valence-electron chi connectivity index (χ1n) is 7.39. The zero-order valence-electron chi connectivity index (χ0n) is 11.8. The van der Waals surface area contributed by atoms with Crippen LogP contribution in [0.2, 0.25) is 0 Å². The third kappa shape index (κ3) is 4.30. The summed E-state index contributed by atoms with van der Waals surface area (Å²) in [4.78, 5) is 0. The summed E-state index contributed by atoms with van der Waals surface area (Å²) in [7, 11) is 0. The summed E-state index contributed by atoms with van der Waals surface area (Å²) in [6.07, 6.45) is 4.20. The zero-order chi connectivity index (χ0) is 13.5. The minimum Gasteiger partial charge on any atom is -0.387 e. The Morgan fingerprint density at radius 1 is 1.32 bits per heavy atom. The third-order valence-corrected chi connectivity index (χ3v) is 3.69. The highest BCUT2D eigenvalue weighted by Crippen LogP contribution is 2.25. The van der Waals surface area contributed by atoms with Crippen molar-refractivity contribution >= 4 is 0 Å². The number of aliphatic hydroxyl groups excluding tert-OH is 1. The van der Waals surface area contributed by atoms with Crippen molar-refractivity contribution in [3.8, 4) is 0 Å². The second-order valence-corrected chi connectivity index (χ2v) is 5.15. The molecule has 0 saturated heterocycles. The second kappa shape index (κ2) is 7.63. The quantitative estimate of drug-likeness (QED) is 0.707. The van der Waals surface area contributed by atoms with Gasteiger partial charge in [0.15, 0.2) is 0 Å². The molecule has 1 aromatic carbocycles. The van der Waals surface area contributed by atoms with E-state index in [-0.39, 0.29) is 0 Å². The minimum absolute atomic E-state index is 0.405. The molecule has 0 saturated carbocycles. The molecule has 3 heteroatoms. The monoisotopic (exact) mass is 263 g/mol. The smallest absolute Gasteiger partial charge is 0.0914 e. The maximum atomic E-state index is 10.2. The van der Waals surface area contributed by atoms with Gasteiger partial charge >= 0.3 is 0 Å². The lowest BCUT2D eigenvalue weighted by Gasteiger charge is -2.13. The largest absolute Gasteiger partial charge is 0.387 e. The molecule has 2 N–H and O–H groups in total. The van der Waals surface area contributed by atoms with Crippen molar-refractivity contribution in [3.05, 3.63) is 34.9 Å². The van der Waals surface area contributed by atoms with Crippen LogP contribution in [0, 0.1) is 0 Å². The minimum atomic E-state index is -0.405. The van der Waals surface area contributed by atoms with Crippen LogP contribution in [-0.2, 0) is 17.6 Å². The summed E-state index contributed by atoms with van der Waals surface area (Å²) in [6.45, 7) is 5.08. The summed E-state index contributed by atoms with van der Waals surface area (Å²) >= 11 is 0. The summed E-state index contributed by atoms with van der Waals surface area (Å²) in [5, 5.41) is 13.4. The van der Waals surface area contributed by atoms with Crippen LogP contribution in [0.25, 0.3) is 0 Å². The normalized spacial score (nSPS) is 15.5. The average Bonchev–Trinajstić information content (AvgIpc) is 2.89. The highest BCUT2D eigenvalue weighted by molar-refractivity contribution is 5.36. The van der Waals surface area contributed by atoms with Crippen LogP contribution in [0.3, 0.4) is 0 Å². The molecule has 0 radical (unpaired) electrons. The zero-order valence-corrected chi connectivity index (χ0v) is 11.8. The van der Waals surface area contributed by atoms with Gasteiger partial charge in [0.05, 0.1) is 6.10 Å². The number of hydrogen-bond donors (Lipinski definition) is 2. The van der Waals surface area contributed by atoms with Crippen molar-refractivity contribution in [3.63, 3.8) is 0 Å². The molecule has 3 nitrogen and oxygen atoms in total. The lowest BCUT2D eigenvalue weighted by molar-refractivity contribution is 0.141. The number of fused-ring (bicyclic) bond motifs is 1. The molecule has 106 valence electrons. The molecule has 0 amide bonds. The van der Waals surface area contributed by atoms with Crippen LogP contribution in [0.15, 0.2) is 18.2 Å². The van der Waals surface area contributed by atoms with Crippen LogP contribution < -0.4 is 5.32 Å². The van der Waals surface area contributed by atoms with Crippen LogP contribution in [0.4, 0.5) is 0 Å². The molecule has 2 rings (SSSR count). The number of ether oxygens (including phenoxy) is 1. The van der Waals surface area contributed by atoms with Crippen LogP contribution >= 0.6 is 0 Å². The number of aryl methyl sites for hydroxylation is 2. The predicted molar refractivity (Wildman–Crippen MR) is 77.4 cm³/mol. The summed E-state index contributed by atoms with van der Waals surface area (Å²) in [6, 6.07) is 6.42. The Labute approximate surface area is 116 Å². The number of aliphatic hydroxyl groups is 1. The molecule has 0 bridgehead atoms. The van der Waals surface area contributed by atoms with E-state index in [2.05, 4.69) is 23.5 Å². The topological polar surface area (TPSA) is 41.5 Å². The van der Waals surface area contributed by atoms with Gasteiger partial charge in [0, 0.05) is 19.8 Å². The van der Waals surface area contributed by atoms with Gasteiger partial charge in [-0.05, 0) is 55.8 Å². The van der Waals surface area contributed by atoms with Crippen molar-refractivity contribution in [2.24, 2.45) is 0 Å². The van der Waals surface area contributed by atoms with Gasteiger partial charge in [0.2, 0.25) is 0 Å². The second-order valence-electron chi connectivity index (χ2n) is 5.15. The summed E-state index contributed by atoms with van der Waals surface area (Å²) in [5.74, 6) is 0. The van der Waals surface area contributed by atoms with Crippen molar-refractivity contribution < 1.29 is 9.84 Å². The maximum Gasteiger partial charge on any atom is 0.0914 e. The molecular weight excluding hydrogens is 238 g/mol. The van der Waals surface area contributed by atoms with Crippen LogP contribution in [0.1, 0.15) is 42.6 Å². The van der Waals surface area contributed by atoms with Gasteiger partial charge in [-0.15, -0.1) is 0 Å². The fraction of sp³-hybridized carbons (Fsp3) is 0.625. The van der Waals surface area contributed by atoms with E-state index in [1.165, 1.54) is 24.0 Å². The Morgan fingerprint density at radius 3 is 3.00 bits per heavy atom. The van der Waals surface area contributed by atoms with E-state index in [9.17, 15) is 5.11 Å². The number of rotatable bonds is 8.